The summed E-state index contributed by atoms with van der Waals surface area (Å²) in [5.74, 6) is -1.78. The predicted molar refractivity (Wildman–Crippen MR) is 149 cm³/mol. The number of benzene rings is 2. The van der Waals surface area contributed by atoms with Crippen LogP contribution in [0.1, 0.15) is 24.2 Å². The number of nitrogens with zero attached hydrogens (tertiary/aromatic N) is 3. The van der Waals surface area contributed by atoms with Crippen LogP contribution in [0.3, 0.4) is 0 Å². The van der Waals surface area contributed by atoms with Gasteiger partial charge >= 0.3 is 0 Å². The van der Waals surface area contributed by atoms with Crippen molar-refractivity contribution in [1.82, 2.24) is 14.9 Å². The molecule has 204 valence electrons. The summed E-state index contributed by atoms with van der Waals surface area (Å²) in [7, 11) is 1.64. The normalized spacial score (nSPS) is 14.2. The summed E-state index contributed by atoms with van der Waals surface area (Å²) in [5.41, 5.74) is 8.28. The fourth-order valence-electron chi connectivity index (χ4n) is 4.84. The van der Waals surface area contributed by atoms with Gasteiger partial charge in [0.15, 0.2) is 11.6 Å². The van der Waals surface area contributed by atoms with Crippen LogP contribution >= 0.6 is 0 Å². The number of hydrogen-bond acceptors (Lipinski definition) is 7. The molecule has 2 aromatic carbocycles. The van der Waals surface area contributed by atoms with Crippen molar-refractivity contribution < 1.29 is 18.3 Å². The summed E-state index contributed by atoms with van der Waals surface area (Å²) in [6, 6.07) is 10.1. The van der Waals surface area contributed by atoms with E-state index in [2.05, 4.69) is 50.3 Å². The van der Waals surface area contributed by atoms with Crippen molar-refractivity contribution in [2.75, 3.05) is 48.8 Å². The van der Waals surface area contributed by atoms with Gasteiger partial charge in [0.1, 0.15) is 11.6 Å². The number of aromatic amines is 1. The molecule has 9 nitrogen and oxygen atoms in total. The van der Waals surface area contributed by atoms with Gasteiger partial charge in [0.05, 0.1) is 47.6 Å². The number of hydrogen-bond donors (Lipinski definition) is 4. The van der Waals surface area contributed by atoms with Crippen molar-refractivity contribution in [1.29, 1.82) is 0 Å². The van der Waals surface area contributed by atoms with E-state index < -0.39 is 17.5 Å². The van der Waals surface area contributed by atoms with Gasteiger partial charge in [-0.2, -0.15) is 0 Å². The van der Waals surface area contributed by atoms with Crippen LogP contribution in [0.25, 0.3) is 10.9 Å². The molecule has 0 spiro atoms. The molecule has 0 bridgehead atoms. The molecule has 1 aliphatic rings. The molecule has 3 heterocycles. The number of amides is 1. The summed E-state index contributed by atoms with van der Waals surface area (Å²) in [4.78, 5) is 24.1. The molecular weight excluding hydrogens is 504 g/mol. The summed E-state index contributed by atoms with van der Waals surface area (Å²) in [5, 5.41) is 7.04. The van der Waals surface area contributed by atoms with Crippen LogP contribution < -0.4 is 26.0 Å². The lowest BCUT2D eigenvalue weighted by atomic mass is 10.1. The Balaban J connectivity index is 1.38. The number of piperazine rings is 1. The molecule has 0 radical (unpaired) electrons. The molecule has 0 saturated carbocycles. The topological polar surface area (TPSA) is 112 Å². The molecule has 5 N–H and O–H groups in total. The molecule has 1 saturated heterocycles. The SMILES string of the molecule is COc1cc(N2CCN(C(C)C)CC2)ccc1Nc1cc2c(Nc3cc(F)c(F)cc3C(N)=O)cncc2[nH]1. The van der Waals surface area contributed by atoms with Crippen molar-refractivity contribution in [3.8, 4) is 5.75 Å². The standard InChI is InChI=1S/C28H31F2N7O2/c1-16(2)36-6-8-37(9-7-36)17-4-5-22(26(10-17)39-3)34-27-12-18-24(14-32-15-25(18)35-27)33-23-13-21(30)20(29)11-19(23)28(31)38/h4-5,10-16,33-35H,6-9H2,1-3H3,(H2,31,38). The maximum Gasteiger partial charge on any atom is 0.250 e. The summed E-state index contributed by atoms with van der Waals surface area (Å²) in [6.07, 6.45) is 3.17. The lowest BCUT2D eigenvalue weighted by Gasteiger charge is -2.38. The number of primary amides is 1. The molecule has 2 aromatic heterocycles. The lowest BCUT2D eigenvalue weighted by Crippen LogP contribution is -2.48. The summed E-state index contributed by atoms with van der Waals surface area (Å²) in [6.45, 7) is 8.39. The number of carbonyl (C=O) groups is 1. The van der Waals surface area contributed by atoms with Crippen molar-refractivity contribution in [2.45, 2.75) is 19.9 Å². The van der Waals surface area contributed by atoms with Gasteiger partial charge in [0.25, 0.3) is 5.91 Å². The van der Waals surface area contributed by atoms with Crippen LogP contribution in [-0.4, -0.2) is 60.1 Å². The van der Waals surface area contributed by atoms with E-state index in [9.17, 15) is 13.6 Å². The summed E-state index contributed by atoms with van der Waals surface area (Å²) < 4.78 is 33.3. The highest BCUT2D eigenvalue weighted by Gasteiger charge is 2.20. The largest absolute Gasteiger partial charge is 0.494 e. The fraction of sp³-hybridized carbons (Fsp3) is 0.286. The van der Waals surface area contributed by atoms with Crippen molar-refractivity contribution >= 4 is 45.4 Å². The molecular formula is C28H31F2N7O2. The number of aromatic nitrogens is 2. The average Bonchev–Trinajstić information content (AvgIpc) is 3.34. The van der Waals surface area contributed by atoms with Gasteiger partial charge in [-0.15, -0.1) is 0 Å². The van der Waals surface area contributed by atoms with Crippen LogP contribution in [0, 0.1) is 11.6 Å². The van der Waals surface area contributed by atoms with Crippen molar-refractivity contribution in [2.24, 2.45) is 5.73 Å². The Hall–Kier alpha value is -4.38. The third-order valence-corrected chi connectivity index (χ3v) is 7.01. The predicted octanol–water partition coefficient (Wildman–Crippen LogP) is 4.97. The second-order valence-corrected chi connectivity index (χ2v) is 9.76. The Morgan fingerprint density at radius 3 is 2.44 bits per heavy atom. The van der Waals surface area contributed by atoms with Gasteiger partial charge in [-0.25, -0.2) is 8.78 Å². The molecule has 39 heavy (non-hydrogen) atoms. The number of nitrogens with two attached hydrogens (primary N) is 1. The number of fused-ring (bicyclic) bond motifs is 1. The lowest BCUT2D eigenvalue weighted by molar-refractivity contribution is 0.100. The van der Waals surface area contributed by atoms with Crippen LogP contribution in [0.4, 0.5) is 37.3 Å². The first-order valence-corrected chi connectivity index (χ1v) is 12.7. The van der Waals surface area contributed by atoms with E-state index in [4.69, 9.17) is 10.5 Å². The number of H-pyrrole nitrogens is 1. The second kappa shape index (κ2) is 10.8. The highest BCUT2D eigenvalue weighted by molar-refractivity contribution is 6.02. The number of halogens is 2. The van der Waals surface area contributed by atoms with Gasteiger partial charge < -0.3 is 31.0 Å². The van der Waals surface area contributed by atoms with Crippen molar-refractivity contribution in [3.05, 3.63) is 66.0 Å². The molecule has 1 fully saturated rings. The van der Waals surface area contributed by atoms with Crippen molar-refractivity contribution in [3.63, 3.8) is 0 Å². The first-order chi connectivity index (χ1) is 18.7. The zero-order valence-electron chi connectivity index (χ0n) is 22.0. The van der Waals surface area contributed by atoms with E-state index in [-0.39, 0.29) is 11.3 Å². The Kier molecular flexibility index (Phi) is 7.25. The van der Waals surface area contributed by atoms with Crippen LogP contribution in [-0.2, 0) is 0 Å². The molecule has 11 heteroatoms. The Morgan fingerprint density at radius 1 is 1.00 bits per heavy atom. The maximum absolute atomic E-state index is 13.9. The number of nitrogens with one attached hydrogen (secondary N) is 3. The number of carbonyl (C=O) groups excluding carboxylic acids is 1. The zero-order valence-corrected chi connectivity index (χ0v) is 22.0. The van der Waals surface area contributed by atoms with Crippen LogP contribution in [0.2, 0.25) is 0 Å². The number of methoxy groups -OCH3 is 1. The Morgan fingerprint density at radius 2 is 1.74 bits per heavy atom. The van der Waals surface area contributed by atoms with E-state index in [0.717, 1.165) is 49.7 Å². The van der Waals surface area contributed by atoms with Crippen LogP contribution in [0.15, 0.2) is 48.8 Å². The van der Waals surface area contributed by atoms with Gasteiger partial charge in [-0.05, 0) is 38.1 Å². The second-order valence-electron chi connectivity index (χ2n) is 9.76. The van der Waals surface area contributed by atoms with E-state index in [0.29, 0.717) is 34.2 Å². The van der Waals surface area contributed by atoms with Crippen LogP contribution in [0.5, 0.6) is 5.75 Å². The third-order valence-electron chi connectivity index (χ3n) is 7.01. The Bertz CT molecular complexity index is 1510. The smallest absolute Gasteiger partial charge is 0.250 e. The minimum atomic E-state index is -1.16. The third kappa shape index (κ3) is 5.44. The van der Waals surface area contributed by atoms with E-state index in [1.54, 1.807) is 13.3 Å². The van der Waals surface area contributed by atoms with Gasteiger partial charge in [-0.1, -0.05) is 0 Å². The molecule has 5 rings (SSSR count). The molecule has 0 atom stereocenters. The average molecular weight is 536 g/mol. The molecule has 1 amide bonds. The van der Waals surface area contributed by atoms with E-state index >= 15 is 0 Å². The maximum atomic E-state index is 13.9. The van der Waals surface area contributed by atoms with Gasteiger partial charge in [-0.3, -0.25) is 14.7 Å². The summed E-state index contributed by atoms with van der Waals surface area (Å²) >= 11 is 0. The zero-order chi connectivity index (χ0) is 27.7. The quantitative estimate of drug-likeness (QED) is 0.252. The molecule has 4 aromatic rings. The Labute approximate surface area is 225 Å². The highest BCUT2D eigenvalue weighted by Crippen LogP contribution is 2.35. The highest BCUT2D eigenvalue weighted by atomic mass is 19.2. The minimum Gasteiger partial charge on any atom is -0.494 e. The number of ether oxygens (including phenoxy) is 1. The van der Waals surface area contributed by atoms with Gasteiger partial charge in [0, 0.05) is 55.4 Å². The first-order valence-electron chi connectivity index (χ1n) is 12.7. The number of anilines is 5. The molecule has 0 unspecified atom stereocenters. The number of pyridine rings is 1. The molecule has 0 aliphatic carbocycles. The number of rotatable bonds is 8. The fourth-order valence-corrected chi connectivity index (χ4v) is 4.84. The van der Waals surface area contributed by atoms with E-state index in [1.807, 2.05) is 18.2 Å². The molecule has 1 aliphatic heterocycles. The van der Waals surface area contributed by atoms with Gasteiger partial charge in [0.2, 0.25) is 0 Å². The minimum absolute atomic E-state index is 0.0397. The van der Waals surface area contributed by atoms with E-state index in [1.165, 1.54) is 6.20 Å². The monoisotopic (exact) mass is 535 g/mol. The first kappa shape index (κ1) is 26.2.